The predicted octanol–water partition coefficient (Wildman–Crippen LogP) is 3.36. The molecule has 0 saturated heterocycles. The van der Waals surface area contributed by atoms with Crippen LogP contribution < -0.4 is 4.74 Å². The van der Waals surface area contributed by atoms with Crippen molar-refractivity contribution in [1.29, 1.82) is 0 Å². The highest BCUT2D eigenvalue weighted by Crippen LogP contribution is 2.25. The third kappa shape index (κ3) is 2.69. The van der Waals surface area contributed by atoms with E-state index >= 15 is 0 Å². The lowest BCUT2D eigenvalue weighted by Crippen LogP contribution is -1.89. The molecule has 3 nitrogen and oxygen atoms in total. The molecule has 0 atom stereocenters. The number of hydrogen-bond donors (Lipinski definition) is 1. The van der Waals surface area contributed by atoms with E-state index in [0.29, 0.717) is 5.88 Å². The molecule has 0 aliphatic rings. The van der Waals surface area contributed by atoms with Gasteiger partial charge in [0.25, 0.3) is 0 Å². The number of ether oxygens (including phenoxy) is 1. The molecular formula is C15H15NO2. The maximum absolute atomic E-state index is 9.77. The summed E-state index contributed by atoms with van der Waals surface area (Å²) in [7, 11) is 1.59. The van der Waals surface area contributed by atoms with Gasteiger partial charge in [-0.3, -0.25) is 0 Å². The van der Waals surface area contributed by atoms with Gasteiger partial charge in [-0.15, -0.1) is 0 Å². The summed E-state index contributed by atoms with van der Waals surface area (Å²) in [5.74, 6) is 0.850. The van der Waals surface area contributed by atoms with Crippen LogP contribution in [-0.4, -0.2) is 17.2 Å². The van der Waals surface area contributed by atoms with Gasteiger partial charge in [0.2, 0.25) is 5.88 Å². The normalized spacial score (nSPS) is 11.3. The number of benzene rings is 1. The molecule has 0 amide bonds. The molecule has 2 rings (SSSR count). The van der Waals surface area contributed by atoms with Crippen LogP contribution in [0.5, 0.6) is 11.6 Å². The minimum atomic E-state index is 0.272. The summed E-state index contributed by atoms with van der Waals surface area (Å²) in [5.41, 5.74) is 2.56. The highest BCUT2D eigenvalue weighted by atomic mass is 16.5. The molecule has 0 saturated carbocycles. The number of phenols is 1. The highest BCUT2D eigenvalue weighted by molar-refractivity contribution is 5.81. The summed E-state index contributed by atoms with van der Waals surface area (Å²) < 4.78 is 5.08. The molecule has 0 aliphatic heterocycles. The van der Waals surface area contributed by atoms with Crippen molar-refractivity contribution in [3.8, 4) is 11.6 Å². The van der Waals surface area contributed by atoms with E-state index < -0.39 is 0 Å². The van der Waals surface area contributed by atoms with Crippen molar-refractivity contribution in [2.24, 2.45) is 0 Å². The predicted molar refractivity (Wildman–Crippen MR) is 72.4 cm³/mol. The minimum absolute atomic E-state index is 0.272. The maximum Gasteiger partial charge on any atom is 0.213 e. The van der Waals surface area contributed by atoms with E-state index in [1.165, 1.54) is 0 Å². The number of aromatic nitrogens is 1. The second-order valence-corrected chi connectivity index (χ2v) is 3.95. The zero-order valence-corrected chi connectivity index (χ0v) is 10.4. The van der Waals surface area contributed by atoms with Gasteiger partial charge in [0.15, 0.2) is 0 Å². The molecule has 2 aromatic rings. The van der Waals surface area contributed by atoms with Gasteiger partial charge in [-0.2, -0.15) is 0 Å². The Bertz CT molecular complexity index is 576. The van der Waals surface area contributed by atoms with E-state index in [0.717, 1.165) is 16.8 Å². The molecule has 1 aromatic heterocycles. The minimum Gasteiger partial charge on any atom is -0.507 e. The van der Waals surface area contributed by atoms with E-state index in [1.54, 1.807) is 25.3 Å². The van der Waals surface area contributed by atoms with E-state index in [1.807, 2.05) is 37.3 Å². The standard InChI is InChI=1S/C15H15NO2/c1-11(13-7-3-4-8-14(13)17)10-12-6-5-9-15(16-12)18-2/h3-10,17H,1-2H3. The number of para-hydroxylation sites is 1. The lowest BCUT2D eigenvalue weighted by molar-refractivity contribution is 0.397. The molecule has 0 unspecified atom stereocenters. The topological polar surface area (TPSA) is 42.4 Å². The number of hydrogen-bond acceptors (Lipinski definition) is 3. The second kappa shape index (κ2) is 5.36. The molecule has 0 bridgehead atoms. The van der Waals surface area contributed by atoms with Gasteiger partial charge < -0.3 is 9.84 Å². The molecule has 1 heterocycles. The van der Waals surface area contributed by atoms with E-state index in [4.69, 9.17) is 4.74 Å². The van der Waals surface area contributed by atoms with Gasteiger partial charge in [-0.25, -0.2) is 4.98 Å². The SMILES string of the molecule is COc1cccc(C=C(C)c2ccccc2O)n1. The average Bonchev–Trinajstić information content (AvgIpc) is 2.39. The summed E-state index contributed by atoms with van der Waals surface area (Å²) >= 11 is 0. The van der Waals surface area contributed by atoms with Gasteiger partial charge in [0, 0.05) is 11.6 Å². The molecular weight excluding hydrogens is 226 g/mol. The molecule has 1 N–H and O–H groups in total. The van der Waals surface area contributed by atoms with Crippen molar-refractivity contribution < 1.29 is 9.84 Å². The van der Waals surface area contributed by atoms with E-state index in [-0.39, 0.29) is 5.75 Å². The molecule has 18 heavy (non-hydrogen) atoms. The molecule has 92 valence electrons. The lowest BCUT2D eigenvalue weighted by atomic mass is 10.1. The Morgan fingerprint density at radius 1 is 1.17 bits per heavy atom. The Labute approximate surface area is 106 Å². The zero-order valence-electron chi connectivity index (χ0n) is 10.4. The van der Waals surface area contributed by atoms with Crippen molar-refractivity contribution in [2.75, 3.05) is 7.11 Å². The van der Waals surface area contributed by atoms with Crippen LogP contribution in [0.2, 0.25) is 0 Å². The highest BCUT2D eigenvalue weighted by Gasteiger charge is 2.02. The Balaban J connectivity index is 2.35. The number of methoxy groups -OCH3 is 1. The quantitative estimate of drug-likeness (QED) is 0.896. The van der Waals surface area contributed by atoms with Gasteiger partial charge in [-0.05, 0) is 30.7 Å². The molecule has 0 fully saturated rings. The third-order valence-corrected chi connectivity index (χ3v) is 2.65. The first-order valence-electron chi connectivity index (χ1n) is 5.68. The summed E-state index contributed by atoms with van der Waals surface area (Å²) in [5, 5.41) is 9.77. The summed E-state index contributed by atoms with van der Waals surface area (Å²) in [6.07, 6.45) is 1.91. The Kier molecular flexibility index (Phi) is 3.63. The van der Waals surface area contributed by atoms with Crippen LogP contribution >= 0.6 is 0 Å². The molecule has 0 spiro atoms. The van der Waals surface area contributed by atoms with Crippen molar-refractivity contribution in [3.63, 3.8) is 0 Å². The number of rotatable bonds is 3. The van der Waals surface area contributed by atoms with Crippen molar-refractivity contribution in [1.82, 2.24) is 4.98 Å². The van der Waals surface area contributed by atoms with Gasteiger partial charge in [0.05, 0.1) is 12.8 Å². The lowest BCUT2D eigenvalue weighted by Gasteiger charge is -2.05. The molecule has 1 aromatic carbocycles. The van der Waals surface area contributed by atoms with Crippen LogP contribution in [0.1, 0.15) is 18.2 Å². The van der Waals surface area contributed by atoms with Crippen molar-refractivity contribution in [3.05, 3.63) is 53.7 Å². The number of phenolic OH excluding ortho intramolecular Hbond substituents is 1. The fourth-order valence-corrected chi connectivity index (χ4v) is 1.73. The summed E-state index contributed by atoms with van der Waals surface area (Å²) in [6, 6.07) is 12.8. The van der Waals surface area contributed by atoms with Crippen LogP contribution in [0.25, 0.3) is 11.6 Å². The smallest absolute Gasteiger partial charge is 0.213 e. The first-order valence-corrected chi connectivity index (χ1v) is 5.68. The largest absolute Gasteiger partial charge is 0.507 e. The van der Waals surface area contributed by atoms with Crippen LogP contribution in [-0.2, 0) is 0 Å². The Morgan fingerprint density at radius 2 is 1.94 bits per heavy atom. The van der Waals surface area contributed by atoms with E-state index in [2.05, 4.69) is 4.98 Å². The summed E-state index contributed by atoms with van der Waals surface area (Å²) in [4.78, 5) is 4.31. The number of nitrogens with zero attached hydrogens (tertiary/aromatic N) is 1. The second-order valence-electron chi connectivity index (χ2n) is 3.95. The zero-order chi connectivity index (χ0) is 13.0. The van der Waals surface area contributed by atoms with Crippen LogP contribution in [0, 0.1) is 0 Å². The number of allylic oxidation sites excluding steroid dienone is 1. The first kappa shape index (κ1) is 12.2. The number of aromatic hydroxyl groups is 1. The first-order chi connectivity index (χ1) is 8.70. The third-order valence-electron chi connectivity index (χ3n) is 2.65. The molecule has 0 radical (unpaired) electrons. The van der Waals surface area contributed by atoms with Gasteiger partial charge in [-0.1, -0.05) is 24.3 Å². The Hall–Kier alpha value is -2.29. The monoisotopic (exact) mass is 241 g/mol. The maximum atomic E-state index is 9.77. The van der Waals surface area contributed by atoms with Crippen LogP contribution in [0.4, 0.5) is 0 Å². The van der Waals surface area contributed by atoms with Gasteiger partial charge >= 0.3 is 0 Å². The Morgan fingerprint density at radius 3 is 2.67 bits per heavy atom. The van der Waals surface area contributed by atoms with Crippen LogP contribution in [0.15, 0.2) is 42.5 Å². The van der Waals surface area contributed by atoms with Crippen molar-refractivity contribution in [2.45, 2.75) is 6.92 Å². The van der Waals surface area contributed by atoms with Crippen LogP contribution in [0.3, 0.4) is 0 Å². The van der Waals surface area contributed by atoms with Gasteiger partial charge in [0.1, 0.15) is 5.75 Å². The fraction of sp³-hybridized carbons (Fsp3) is 0.133. The summed E-state index contributed by atoms with van der Waals surface area (Å²) in [6.45, 7) is 1.94. The average molecular weight is 241 g/mol. The van der Waals surface area contributed by atoms with Crippen molar-refractivity contribution >= 4 is 11.6 Å². The molecule has 0 aliphatic carbocycles. The molecule has 3 heteroatoms. The fourth-order valence-electron chi connectivity index (χ4n) is 1.73. The van der Waals surface area contributed by atoms with E-state index in [9.17, 15) is 5.11 Å². The number of pyridine rings is 1.